The maximum Gasteiger partial charge on any atom is 0.165 e. The van der Waals surface area contributed by atoms with Gasteiger partial charge in [0.25, 0.3) is 0 Å². The lowest BCUT2D eigenvalue weighted by molar-refractivity contribution is 0.352. The summed E-state index contributed by atoms with van der Waals surface area (Å²) >= 11 is 0. The molecule has 2 N–H and O–H groups in total. The number of fused-ring (bicyclic) bond motifs is 1. The molecule has 4 nitrogen and oxygen atoms in total. The molecule has 0 spiro atoms. The first-order chi connectivity index (χ1) is 10.7. The van der Waals surface area contributed by atoms with Crippen molar-refractivity contribution in [3.8, 4) is 22.6 Å². The number of hydrogen-bond acceptors (Lipinski definition) is 4. The molecule has 0 aliphatic carbocycles. The van der Waals surface area contributed by atoms with Crippen LogP contribution in [-0.2, 0) is 13.0 Å². The van der Waals surface area contributed by atoms with Crippen LogP contribution in [0.25, 0.3) is 11.1 Å². The average Bonchev–Trinajstić information content (AvgIpc) is 2.94. The van der Waals surface area contributed by atoms with Crippen molar-refractivity contribution in [2.24, 2.45) is 5.73 Å². The summed E-state index contributed by atoms with van der Waals surface area (Å²) in [6.07, 6.45) is 1.09. The number of hydrogen-bond donors (Lipinski definition) is 1. The van der Waals surface area contributed by atoms with E-state index < -0.39 is 0 Å². The van der Waals surface area contributed by atoms with Crippen molar-refractivity contribution < 1.29 is 9.47 Å². The molecule has 0 saturated heterocycles. The predicted molar refractivity (Wildman–Crippen MR) is 89.8 cm³/mol. The van der Waals surface area contributed by atoms with Gasteiger partial charge in [-0.2, -0.15) is 0 Å². The zero-order valence-corrected chi connectivity index (χ0v) is 13.3. The Morgan fingerprint density at radius 1 is 1.09 bits per heavy atom. The highest BCUT2D eigenvalue weighted by Gasteiger charge is 2.17. The number of methoxy groups -OCH3 is 2. The summed E-state index contributed by atoms with van der Waals surface area (Å²) in [7, 11) is 5.43. The molecule has 1 aliphatic heterocycles. The maximum atomic E-state index is 5.86. The molecule has 0 aromatic heterocycles. The van der Waals surface area contributed by atoms with E-state index >= 15 is 0 Å². The molecule has 2 aromatic carbocycles. The largest absolute Gasteiger partial charge is 0.493 e. The van der Waals surface area contributed by atoms with Gasteiger partial charge in [0.1, 0.15) is 0 Å². The standard InChI is InChI=1S/C18H22N2O2/c1-20-7-6-13-8-12(4-5-16(13)20)14-9-15(11-19)18(22-3)17(10-14)21-2/h4-5,8-10H,6-7,11,19H2,1-3H3. The first-order valence-electron chi connectivity index (χ1n) is 7.47. The van der Waals surface area contributed by atoms with E-state index in [9.17, 15) is 0 Å². The Balaban J connectivity index is 2.09. The normalized spacial score (nSPS) is 13.2. The molecule has 1 aliphatic rings. The Morgan fingerprint density at radius 2 is 1.91 bits per heavy atom. The molecule has 0 bridgehead atoms. The van der Waals surface area contributed by atoms with Crippen LogP contribution in [0.3, 0.4) is 0 Å². The number of likely N-dealkylation sites (N-methyl/N-ethyl adjacent to an activating group) is 1. The van der Waals surface area contributed by atoms with E-state index in [-0.39, 0.29) is 0 Å². The summed E-state index contributed by atoms with van der Waals surface area (Å²) < 4.78 is 10.9. The third-order valence-corrected chi connectivity index (χ3v) is 4.32. The zero-order valence-electron chi connectivity index (χ0n) is 13.3. The van der Waals surface area contributed by atoms with Crippen LogP contribution < -0.4 is 20.1 Å². The number of nitrogens with two attached hydrogens (primary N) is 1. The summed E-state index contributed by atoms with van der Waals surface area (Å²) in [4.78, 5) is 2.29. The van der Waals surface area contributed by atoms with Crippen LogP contribution in [0.5, 0.6) is 11.5 Å². The van der Waals surface area contributed by atoms with E-state index in [1.165, 1.54) is 16.8 Å². The molecule has 0 atom stereocenters. The molecule has 0 saturated carbocycles. The second kappa shape index (κ2) is 5.89. The van der Waals surface area contributed by atoms with Crippen molar-refractivity contribution in [3.63, 3.8) is 0 Å². The average molecular weight is 298 g/mol. The molecule has 116 valence electrons. The van der Waals surface area contributed by atoms with Crippen molar-refractivity contribution in [1.82, 2.24) is 0 Å². The summed E-state index contributed by atoms with van der Waals surface area (Å²) in [5, 5.41) is 0. The molecule has 0 unspecified atom stereocenters. The third-order valence-electron chi connectivity index (χ3n) is 4.32. The van der Waals surface area contributed by atoms with Crippen molar-refractivity contribution in [1.29, 1.82) is 0 Å². The Morgan fingerprint density at radius 3 is 2.59 bits per heavy atom. The summed E-state index contributed by atoms with van der Waals surface area (Å²) in [6.45, 7) is 1.50. The molecule has 1 heterocycles. The molecule has 0 radical (unpaired) electrons. The SMILES string of the molecule is COc1cc(-c2ccc3c(c2)CCN3C)cc(CN)c1OC. The van der Waals surface area contributed by atoms with E-state index in [1.54, 1.807) is 14.2 Å². The minimum absolute atomic E-state index is 0.418. The van der Waals surface area contributed by atoms with E-state index in [0.29, 0.717) is 6.54 Å². The highest BCUT2D eigenvalue weighted by atomic mass is 16.5. The van der Waals surface area contributed by atoms with Gasteiger partial charge in [-0.1, -0.05) is 6.07 Å². The second-order valence-electron chi connectivity index (χ2n) is 5.59. The lowest BCUT2D eigenvalue weighted by atomic mass is 9.99. The van der Waals surface area contributed by atoms with E-state index in [1.807, 2.05) is 6.07 Å². The van der Waals surface area contributed by atoms with Gasteiger partial charge in [0, 0.05) is 31.4 Å². The fourth-order valence-electron chi connectivity index (χ4n) is 3.11. The van der Waals surface area contributed by atoms with Crippen LogP contribution in [0, 0.1) is 0 Å². The van der Waals surface area contributed by atoms with Gasteiger partial charge in [-0.05, 0) is 47.4 Å². The van der Waals surface area contributed by atoms with Gasteiger partial charge in [0.15, 0.2) is 11.5 Å². The molecule has 2 aromatic rings. The van der Waals surface area contributed by atoms with Crippen molar-refractivity contribution in [2.75, 3.05) is 32.7 Å². The summed E-state index contributed by atoms with van der Waals surface area (Å²) in [5.41, 5.74) is 11.8. The van der Waals surface area contributed by atoms with Crippen LogP contribution in [0.1, 0.15) is 11.1 Å². The Kier molecular flexibility index (Phi) is 3.94. The van der Waals surface area contributed by atoms with Crippen molar-refractivity contribution >= 4 is 5.69 Å². The van der Waals surface area contributed by atoms with Gasteiger partial charge in [-0.15, -0.1) is 0 Å². The van der Waals surface area contributed by atoms with Crippen LogP contribution in [0.15, 0.2) is 30.3 Å². The molecule has 4 heteroatoms. The predicted octanol–water partition coefficient (Wildman–Crippen LogP) is 2.82. The Labute approximate surface area is 131 Å². The van der Waals surface area contributed by atoms with Crippen LogP contribution >= 0.6 is 0 Å². The molecule has 3 rings (SSSR count). The Bertz CT molecular complexity index is 672. The summed E-state index contributed by atoms with van der Waals surface area (Å²) in [5.74, 6) is 1.44. The zero-order chi connectivity index (χ0) is 15.7. The van der Waals surface area contributed by atoms with Gasteiger partial charge in [-0.3, -0.25) is 0 Å². The first kappa shape index (κ1) is 14.7. The lowest BCUT2D eigenvalue weighted by Gasteiger charge is -2.15. The first-order valence-corrected chi connectivity index (χ1v) is 7.47. The van der Waals surface area contributed by atoms with E-state index in [4.69, 9.17) is 15.2 Å². The third kappa shape index (κ3) is 2.40. The van der Waals surface area contributed by atoms with Gasteiger partial charge in [0.2, 0.25) is 0 Å². The van der Waals surface area contributed by atoms with Crippen LogP contribution in [-0.4, -0.2) is 27.8 Å². The van der Waals surface area contributed by atoms with Crippen molar-refractivity contribution in [3.05, 3.63) is 41.5 Å². The molecular formula is C18H22N2O2. The smallest absolute Gasteiger partial charge is 0.165 e. The molecule has 22 heavy (non-hydrogen) atoms. The number of nitrogens with zero attached hydrogens (tertiary/aromatic N) is 1. The maximum absolute atomic E-state index is 5.86. The van der Waals surface area contributed by atoms with Crippen LogP contribution in [0.4, 0.5) is 5.69 Å². The molecular weight excluding hydrogens is 276 g/mol. The van der Waals surface area contributed by atoms with Gasteiger partial charge < -0.3 is 20.1 Å². The van der Waals surface area contributed by atoms with E-state index in [2.05, 4.69) is 36.2 Å². The van der Waals surface area contributed by atoms with Gasteiger partial charge in [-0.25, -0.2) is 0 Å². The van der Waals surface area contributed by atoms with Crippen LogP contribution in [0.2, 0.25) is 0 Å². The minimum Gasteiger partial charge on any atom is -0.493 e. The highest BCUT2D eigenvalue weighted by molar-refractivity contribution is 5.73. The fourth-order valence-corrected chi connectivity index (χ4v) is 3.11. The molecule has 0 amide bonds. The topological polar surface area (TPSA) is 47.7 Å². The van der Waals surface area contributed by atoms with E-state index in [0.717, 1.165) is 35.6 Å². The minimum atomic E-state index is 0.418. The molecule has 0 fully saturated rings. The number of benzene rings is 2. The highest BCUT2D eigenvalue weighted by Crippen LogP contribution is 2.38. The number of anilines is 1. The number of ether oxygens (including phenoxy) is 2. The second-order valence-corrected chi connectivity index (χ2v) is 5.59. The quantitative estimate of drug-likeness (QED) is 0.943. The Hall–Kier alpha value is -2.20. The lowest BCUT2D eigenvalue weighted by Crippen LogP contribution is -2.12. The van der Waals surface area contributed by atoms with Gasteiger partial charge in [0.05, 0.1) is 14.2 Å². The summed E-state index contributed by atoms with van der Waals surface area (Å²) in [6, 6.07) is 10.7. The van der Waals surface area contributed by atoms with Gasteiger partial charge >= 0.3 is 0 Å². The fraction of sp³-hybridized carbons (Fsp3) is 0.333. The van der Waals surface area contributed by atoms with Crippen molar-refractivity contribution in [2.45, 2.75) is 13.0 Å². The number of rotatable bonds is 4. The monoisotopic (exact) mass is 298 g/mol.